The van der Waals surface area contributed by atoms with Crippen LogP contribution in [0.25, 0.3) is 0 Å². The molecule has 0 saturated heterocycles. The maximum Gasteiger partial charge on any atom is 0.360 e. The maximum absolute atomic E-state index is 12.3. The number of hydrogen-bond donors (Lipinski definition) is 1. The summed E-state index contributed by atoms with van der Waals surface area (Å²) in [5.41, 5.74) is -0.0840. The lowest BCUT2D eigenvalue weighted by Gasteiger charge is -2.18. The minimum Gasteiger partial charge on any atom is -0.467 e. The minimum atomic E-state index is -0.955. The molecule has 1 amide bonds. The topological polar surface area (TPSA) is 81.4 Å². The van der Waals surface area contributed by atoms with Crippen molar-refractivity contribution in [1.82, 2.24) is 9.69 Å². The van der Waals surface area contributed by atoms with Gasteiger partial charge in [-0.15, -0.1) is 0 Å². The van der Waals surface area contributed by atoms with Crippen LogP contribution in [0.4, 0.5) is 0 Å². The molecule has 2 aromatic rings. The van der Waals surface area contributed by atoms with E-state index in [1.54, 1.807) is 12.1 Å². The van der Waals surface area contributed by atoms with Crippen molar-refractivity contribution in [2.24, 2.45) is 5.92 Å². The van der Waals surface area contributed by atoms with E-state index in [-0.39, 0.29) is 27.5 Å². The van der Waals surface area contributed by atoms with Crippen LogP contribution in [-0.4, -0.2) is 22.4 Å². The molecule has 0 fully saturated rings. The zero-order valence-corrected chi connectivity index (χ0v) is 15.4. The summed E-state index contributed by atoms with van der Waals surface area (Å²) < 4.78 is 14.5. The second kappa shape index (κ2) is 8.50. The third-order valence-electron chi connectivity index (χ3n) is 3.04. The van der Waals surface area contributed by atoms with Gasteiger partial charge >= 0.3 is 5.97 Å². The van der Waals surface area contributed by atoms with Crippen molar-refractivity contribution >= 4 is 46.6 Å². The Hall–Kier alpha value is -1.57. The number of nitrogens with one attached hydrogen (secondary N) is 1. The lowest BCUT2D eigenvalue weighted by molar-refractivity contribution is -0.131. The van der Waals surface area contributed by atoms with Crippen LogP contribution in [0.5, 0.6) is 0 Å². The van der Waals surface area contributed by atoms with Gasteiger partial charge in [-0.3, -0.25) is 4.79 Å². The molecule has 0 aliphatic carbocycles. The van der Waals surface area contributed by atoms with Crippen LogP contribution >= 0.6 is 34.7 Å². The SMILES string of the molecule is CC(C)C[C@@H](OC(=O)c1nsc(Cl)c1Cl)C(=O)NCc1ccco1. The molecule has 2 aromatic heterocycles. The highest BCUT2D eigenvalue weighted by Crippen LogP contribution is 2.30. The number of rotatable bonds is 7. The molecule has 0 unspecified atom stereocenters. The van der Waals surface area contributed by atoms with Crippen molar-refractivity contribution < 1.29 is 18.7 Å². The van der Waals surface area contributed by atoms with Crippen molar-refractivity contribution in [3.05, 3.63) is 39.2 Å². The van der Waals surface area contributed by atoms with Crippen LogP contribution in [0, 0.1) is 5.92 Å². The molecule has 0 spiro atoms. The summed E-state index contributed by atoms with van der Waals surface area (Å²) in [7, 11) is 0. The molecule has 1 atom stereocenters. The van der Waals surface area contributed by atoms with Crippen LogP contribution in [0.15, 0.2) is 22.8 Å². The average molecular weight is 391 g/mol. The first kappa shape index (κ1) is 18.8. The van der Waals surface area contributed by atoms with Gasteiger partial charge in [-0.05, 0) is 36.0 Å². The number of hydrogen-bond acceptors (Lipinski definition) is 6. The molecular weight excluding hydrogens is 375 g/mol. The summed E-state index contributed by atoms with van der Waals surface area (Å²) in [5, 5.41) is 2.71. The zero-order chi connectivity index (χ0) is 17.7. The van der Waals surface area contributed by atoms with E-state index < -0.39 is 18.0 Å². The van der Waals surface area contributed by atoms with E-state index in [0.717, 1.165) is 11.5 Å². The van der Waals surface area contributed by atoms with Gasteiger partial charge in [0.1, 0.15) is 15.1 Å². The fraction of sp³-hybridized carbons (Fsp3) is 0.400. The smallest absolute Gasteiger partial charge is 0.360 e. The number of carbonyl (C=O) groups is 2. The standard InChI is InChI=1S/C15H16Cl2N2O4S/c1-8(2)6-10(14(20)18-7-9-4-3-5-22-9)23-15(21)12-11(16)13(17)24-19-12/h3-5,8,10H,6-7H2,1-2H3,(H,18,20)/t10-/m1/s1. The van der Waals surface area contributed by atoms with E-state index >= 15 is 0 Å². The Balaban J connectivity index is 2.02. The van der Waals surface area contributed by atoms with Gasteiger partial charge in [0, 0.05) is 0 Å². The second-order valence-electron chi connectivity index (χ2n) is 5.44. The average Bonchev–Trinajstić information content (AvgIpc) is 3.15. The summed E-state index contributed by atoms with van der Waals surface area (Å²) >= 11 is 12.6. The molecule has 24 heavy (non-hydrogen) atoms. The number of furan rings is 1. The Bertz CT molecular complexity index is 700. The Morgan fingerprint density at radius 3 is 2.71 bits per heavy atom. The number of nitrogens with zero attached hydrogens (tertiary/aromatic N) is 1. The Morgan fingerprint density at radius 2 is 2.17 bits per heavy atom. The molecule has 0 aliphatic rings. The summed E-state index contributed by atoms with van der Waals surface area (Å²) in [5.74, 6) is -0.438. The molecule has 0 saturated carbocycles. The lowest BCUT2D eigenvalue weighted by atomic mass is 10.1. The first-order valence-corrected chi connectivity index (χ1v) is 8.73. The number of ether oxygens (including phenoxy) is 1. The lowest BCUT2D eigenvalue weighted by Crippen LogP contribution is -2.38. The summed E-state index contributed by atoms with van der Waals surface area (Å²) in [6, 6.07) is 3.46. The van der Waals surface area contributed by atoms with Crippen molar-refractivity contribution in [2.45, 2.75) is 32.9 Å². The fourth-order valence-corrected chi connectivity index (χ4v) is 2.89. The third-order valence-corrected chi connectivity index (χ3v) is 4.65. The van der Waals surface area contributed by atoms with Gasteiger partial charge in [0.15, 0.2) is 11.8 Å². The second-order valence-corrected chi connectivity index (χ2v) is 7.19. The van der Waals surface area contributed by atoms with Gasteiger partial charge in [-0.2, -0.15) is 4.37 Å². The quantitative estimate of drug-likeness (QED) is 0.724. The normalized spacial score (nSPS) is 12.2. The first-order chi connectivity index (χ1) is 11.4. The molecular formula is C15H16Cl2N2O4S. The summed E-state index contributed by atoms with van der Waals surface area (Å²) in [6.45, 7) is 4.06. The fourth-order valence-electron chi connectivity index (χ4n) is 1.91. The van der Waals surface area contributed by atoms with E-state index in [1.807, 2.05) is 13.8 Å². The predicted molar refractivity (Wildman–Crippen MR) is 91.3 cm³/mol. The number of carbonyl (C=O) groups excluding carboxylic acids is 2. The molecule has 0 aliphatic heterocycles. The molecule has 2 heterocycles. The highest BCUT2D eigenvalue weighted by Gasteiger charge is 2.27. The molecule has 2 rings (SSSR count). The van der Waals surface area contributed by atoms with Gasteiger partial charge in [-0.1, -0.05) is 37.0 Å². The zero-order valence-electron chi connectivity index (χ0n) is 13.0. The highest BCUT2D eigenvalue weighted by atomic mass is 35.5. The van der Waals surface area contributed by atoms with Crippen molar-refractivity contribution in [3.8, 4) is 0 Å². The van der Waals surface area contributed by atoms with E-state index in [1.165, 1.54) is 6.26 Å². The molecule has 6 nitrogen and oxygen atoms in total. The summed E-state index contributed by atoms with van der Waals surface area (Å²) in [6.07, 6.45) is 0.927. The van der Waals surface area contributed by atoms with Gasteiger partial charge in [0.05, 0.1) is 12.8 Å². The first-order valence-electron chi connectivity index (χ1n) is 7.20. The van der Waals surface area contributed by atoms with Gasteiger partial charge in [-0.25, -0.2) is 4.79 Å². The number of amides is 1. The van der Waals surface area contributed by atoms with Crippen molar-refractivity contribution in [3.63, 3.8) is 0 Å². The van der Waals surface area contributed by atoms with Gasteiger partial charge in [0.25, 0.3) is 5.91 Å². The van der Waals surface area contributed by atoms with Crippen LogP contribution in [-0.2, 0) is 16.1 Å². The number of esters is 1. The van der Waals surface area contributed by atoms with Crippen LogP contribution in [0.1, 0.15) is 36.5 Å². The molecule has 0 aromatic carbocycles. The van der Waals surface area contributed by atoms with Gasteiger partial charge in [0.2, 0.25) is 0 Å². The van der Waals surface area contributed by atoms with Crippen LogP contribution < -0.4 is 5.32 Å². The molecule has 130 valence electrons. The van der Waals surface area contributed by atoms with E-state index in [2.05, 4.69) is 9.69 Å². The Morgan fingerprint density at radius 1 is 1.42 bits per heavy atom. The highest BCUT2D eigenvalue weighted by molar-refractivity contribution is 7.11. The van der Waals surface area contributed by atoms with Crippen LogP contribution in [0.3, 0.4) is 0 Å². The predicted octanol–water partition coefficient (Wildman–Crippen LogP) is 3.93. The largest absolute Gasteiger partial charge is 0.467 e. The minimum absolute atomic E-state index is 0.0333. The van der Waals surface area contributed by atoms with Gasteiger partial charge < -0.3 is 14.5 Å². The molecule has 9 heteroatoms. The monoisotopic (exact) mass is 390 g/mol. The molecule has 1 N–H and O–H groups in total. The van der Waals surface area contributed by atoms with Crippen LogP contribution in [0.2, 0.25) is 9.36 Å². The number of aromatic nitrogens is 1. The Kier molecular flexibility index (Phi) is 6.65. The van der Waals surface area contributed by atoms with Crippen molar-refractivity contribution in [1.29, 1.82) is 0 Å². The maximum atomic E-state index is 12.3. The van der Waals surface area contributed by atoms with E-state index in [9.17, 15) is 9.59 Å². The molecule has 0 radical (unpaired) electrons. The van der Waals surface area contributed by atoms with E-state index in [0.29, 0.717) is 12.2 Å². The van der Waals surface area contributed by atoms with Crippen molar-refractivity contribution in [2.75, 3.05) is 0 Å². The number of halogens is 2. The third kappa shape index (κ3) is 4.96. The molecule has 0 bridgehead atoms. The summed E-state index contributed by atoms with van der Waals surface area (Å²) in [4.78, 5) is 24.5. The Labute approximate surface area is 153 Å². The van der Waals surface area contributed by atoms with E-state index in [4.69, 9.17) is 32.4 Å².